The molecular weight excluding hydrogens is 451 g/mol. The van der Waals surface area contributed by atoms with Crippen molar-refractivity contribution >= 4 is 6.09 Å². The van der Waals surface area contributed by atoms with E-state index >= 15 is 0 Å². The molecular formula is C23H24F3N5O3. The van der Waals surface area contributed by atoms with Crippen molar-refractivity contribution in [1.29, 1.82) is 0 Å². The van der Waals surface area contributed by atoms with Gasteiger partial charge in [0.25, 0.3) is 0 Å². The number of benzene rings is 2. The molecule has 1 fully saturated rings. The number of rotatable bonds is 6. The van der Waals surface area contributed by atoms with E-state index in [1.807, 2.05) is 30.3 Å². The molecule has 0 bridgehead atoms. The van der Waals surface area contributed by atoms with Gasteiger partial charge in [-0.1, -0.05) is 30.3 Å². The molecule has 1 saturated heterocycles. The molecule has 0 spiro atoms. The molecule has 2 heterocycles. The molecule has 34 heavy (non-hydrogen) atoms. The lowest BCUT2D eigenvalue weighted by Gasteiger charge is -2.41. The summed E-state index contributed by atoms with van der Waals surface area (Å²) in [5, 5.41) is 20.8. The molecule has 1 aromatic heterocycles. The predicted molar refractivity (Wildman–Crippen MR) is 116 cm³/mol. The Hall–Kier alpha value is -3.47. The van der Waals surface area contributed by atoms with Crippen LogP contribution in [0, 0.1) is 0 Å². The SMILES string of the molecule is Cn1nnc(-c2cc(COCC3(c4ccccc4)CCN(C(=O)O)CC3)cc(C(F)(F)F)c2)n1. The second-order valence-electron chi connectivity index (χ2n) is 8.43. The third-order valence-electron chi connectivity index (χ3n) is 6.11. The van der Waals surface area contributed by atoms with Gasteiger partial charge in [0.15, 0.2) is 0 Å². The average molecular weight is 475 g/mol. The molecule has 1 aliphatic rings. The number of amides is 1. The van der Waals surface area contributed by atoms with Crippen LogP contribution in [0.1, 0.15) is 29.5 Å². The Morgan fingerprint density at radius 2 is 1.85 bits per heavy atom. The number of piperidine rings is 1. The van der Waals surface area contributed by atoms with Gasteiger partial charge in [0, 0.05) is 24.1 Å². The van der Waals surface area contributed by atoms with Gasteiger partial charge in [-0.2, -0.15) is 18.0 Å². The normalized spacial score (nSPS) is 15.9. The molecule has 3 aromatic rings. The van der Waals surface area contributed by atoms with Gasteiger partial charge in [-0.3, -0.25) is 0 Å². The van der Waals surface area contributed by atoms with Gasteiger partial charge in [-0.15, -0.1) is 10.2 Å². The number of carbonyl (C=O) groups is 1. The third-order valence-corrected chi connectivity index (χ3v) is 6.11. The highest BCUT2D eigenvalue weighted by atomic mass is 19.4. The van der Waals surface area contributed by atoms with Crippen LogP contribution in [0.25, 0.3) is 11.4 Å². The smallest absolute Gasteiger partial charge is 0.416 e. The van der Waals surface area contributed by atoms with E-state index in [4.69, 9.17) is 4.74 Å². The largest absolute Gasteiger partial charge is 0.465 e. The number of aryl methyl sites for hydroxylation is 1. The summed E-state index contributed by atoms with van der Waals surface area (Å²) in [4.78, 5) is 13.9. The lowest BCUT2D eigenvalue weighted by Crippen LogP contribution is -2.46. The van der Waals surface area contributed by atoms with Crippen LogP contribution in [0.4, 0.5) is 18.0 Å². The van der Waals surface area contributed by atoms with E-state index in [0.717, 1.165) is 17.7 Å². The molecule has 8 nitrogen and oxygen atoms in total. The van der Waals surface area contributed by atoms with E-state index in [2.05, 4.69) is 15.4 Å². The van der Waals surface area contributed by atoms with Gasteiger partial charge >= 0.3 is 12.3 Å². The second kappa shape index (κ2) is 9.41. The number of alkyl halides is 3. The number of hydrogen-bond acceptors (Lipinski definition) is 5. The molecule has 0 unspecified atom stereocenters. The minimum atomic E-state index is -4.54. The van der Waals surface area contributed by atoms with E-state index in [1.165, 1.54) is 16.7 Å². The molecule has 11 heteroatoms. The summed E-state index contributed by atoms with van der Waals surface area (Å²) >= 11 is 0. The zero-order valence-corrected chi connectivity index (χ0v) is 18.5. The molecule has 1 aliphatic heterocycles. The van der Waals surface area contributed by atoms with Gasteiger partial charge in [0.2, 0.25) is 5.82 Å². The Balaban J connectivity index is 1.55. The predicted octanol–water partition coefficient (Wildman–Crippen LogP) is 4.12. The highest BCUT2D eigenvalue weighted by Gasteiger charge is 2.38. The standard InChI is InChI=1S/C23H24F3N5O3/c1-30-28-20(27-29-30)17-11-16(12-19(13-17)23(24,25)26)14-34-15-22(18-5-3-2-4-6-18)7-9-31(10-8-22)21(32)33/h2-6,11-13H,7-10,14-15H2,1H3,(H,32,33). The number of carboxylic acid groups (broad SMARTS) is 1. The topological polar surface area (TPSA) is 93.4 Å². The maximum Gasteiger partial charge on any atom is 0.416 e. The number of likely N-dealkylation sites (tertiary alicyclic amines) is 1. The van der Waals surface area contributed by atoms with E-state index in [-0.39, 0.29) is 24.6 Å². The van der Waals surface area contributed by atoms with Crippen molar-refractivity contribution in [3.8, 4) is 11.4 Å². The molecule has 0 saturated carbocycles. The van der Waals surface area contributed by atoms with Gasteiger partial charge in [-0.05, 0) is 47.4 Å². The maximum absolute atomic E-state index is 13.5. The number of ether oxygens (including phenoxy) is 1. The lowest BCUT2D eigenvalue weighted by atomic mass is 9.73. The van der Waals surface area contributed by atoms with Gasteiger partial charge < -0.3 is 14.7 Å². The fraction of sp³-hybridized carbons (Fsp3) is 0.391. The molecule has 0 atom stereocenters. The Labute approximate surface area is 193 Å². The number of halogens is 3. The number of nitrogens with zero attached hydrogens (tertiary/aromatic N) is 5. The Kier molecular flexibility index (Phi) is 6.56. The molecule has 4 rings (SSSR count). The molecule has 1 amide bonds. The fourth-order valence-corrected chi connectivity index (χ4v) is 4.27. The van der Waals surface area contributed by atoms with Crippen LogP contribution in [-0.4, -0.2) is 56.0 Å². The minimum absolute atomic E-state index is 0.0472. The van der Waals surface area contributed by atoms with Crippen molar-refractivity contribution in [2.24, 2.45) is 7.05 Å². The average Bonchev–Trinajstić information content (AvgIpc) is 3.25. The minimum Gasteiger partial charge on any atom is -0.465 e. The monoisotopic (exact) mass is 475 g/mol. The highest BCUT2D eigenvalue weighted by molar-refractivity contribution is 5.65. The summed E-state index contributed by atoms with van der Waals surface area (Å²) in [5.74, 6) is 0.0941. The molecule has 180 valence electrons. The van der Waals surface area contributed by atoms with Crippen LogP contribution in [0.5, 0.6) is 0 Å². The maximum atomic E-state index is 13.5. The Morgan fingerprint density at radius 3 is 2.44 bits per heavy atom. The van der Waals surface area contributed by atoms with Crippen LogP contribution in [0.2, 0.25) is 0 Å². The van der Waals surface area contributed by atoms with Gasteiger partial charge in [-0.25, -0.2) is 4.79 Å². The van der Waals surface area contributed by atoms with Crippen LogP contribution >= 0.6 is 0 Å². The van der Waals surface area contributed by atoms with Crippen molar-refractivity contribution in [2.45, 2.75) is 31.0 Å². The van der Waals surface area contributed by atoms with E-state index in [0.29, 0.717) is 31.5 Å². The number of tetrazole rings is 1. The molecule has 0 aliphatic carbocycles. The Bertz CT molecular complexity index is 1140. The Morgan fingerprint density at radius 1 is 1.15 bits per heavy atom. The number of aromatic nitrogens is 4. The number of hydrogen-bond donors (Lipinski definition) is 1. The van der Waals surface area contributed by atoms with E-state index in [1.54, 1.807) is 6.07 Å². The second-order valence-corrected chi connectivity index (χ2v) is 8.43. The van der Waals surface area contributed by atoms with Crippen LogP contribution in [0.15, 0.2) is 48.5 Å². The first kappa shape index (κ1) is 23.7. The summed E-state index contributed by atoms with van der Waals surface area (Å²) in [7, 11) is 1.53. The molecule has 0 radical (unpaired) electrons. The quantitative estimate of drug-likeness (QED) is 0.577. The first-order valence-corrected chi connectivity index (χ1v) is 10.7. The van der Waals surface area contributed by atoms with Crippen LogP contribution in [-0.2, 0) is 30.0 Å². The highest BCUT2D eigenvalue weighted by Crippen LogP contribution is 2.37. The van der Waals surface area contributed by atoms with Crippen molar-refractivity contribution in [3.63, 3.8) is 0 Å². The first-order chi connectivity index (χ1) is 16.2. The van der Waals surface area contributed by atoms with Crippen LogP contribution in [0.3, 0.4) is 0 Å². The van der Waals surface area contributed by atoms with Gasteiger partial charge in [0.1, 0.15) is 0 Å². The summed E-state index contributed by atoms with van der Waals surface area (Å²) in [6.45, 7) is 0.924. The van der Waals surface area contributed by atoms with Crippen molar-refractivity contribution in [1.82, 2.24) is 25.1 Å². The molecule has 2 aromatic carbocycles. The van der Waals surface area contributed by atoms with Crippen LogP contribution < -0.4 is 0 Å². The summed E-state index contributed by atoms with van der Waals surface area (Å²) in [5.41, 5.74) is 0.319. The zero-order chi connectivity index (χ0) is 24.3. The summed E-state index contributed by atoms with van der Waals surface area (Å²) < 4.78 is 46.5. The fourth-order valence-electron chi connectivity index (χ4n) is 4.27. The van der Waals surface area contributed by atoms with E-state index < -0.39 is 23.2 Å². The first-order valence-electron chi connectivity index (χ1n) is 10.7. The lowest BCUT2D eigenvalue weighted by molar-refractivity contribution is -0.137. The third kappa shape index (κ3) is 5.19. The van der Waals surface area contributed by atoms with E-state index in [9.17, 15) is 23.1 Å². The summed E-state index contributed by atoms with van der Waals surface area (Å²) in [6, 6.07) is 13.3. The zero-order valence-electron chi connectivity index (χ0n) is 18.5. The van der Waals surface area contributed by atoms with Crippen molar-refractivity contribution in [3.05, 3.63) is 65.2 Å². The van der Waals surface area contributed by atoms with Crippen molar-refractivity contribution in [2.75, 3.05) is 19.7 Å². The molecule has 1 N–H and O–H groups in total. The van der Waals surface area contributed by atoms with Crippen molar-refractivity contribution < 1.29 is 27.8 Å². The summed E-state index contributed by atoms with van der Waals surface area (Å²) in [6.07, 6.45) is -4.39. The van der Waals surface area contributed by atoms with Gasteiger partial charge in [0.05, 0.1) is 25.8 Å².